The van der Waals surface area contributed by atoms with Crippen molar-refractivity contribution in [2.75, 3.05) is 0 Å². The fraction of sp³-hybridized carbons (Fsp3) is 0.438. The van der Waals surface area contributed by atoms with Gasteiger partial charge in [-0.25, -0.2) is 4.98 Å². The lowest BCUT2D eigenvalue weighted by Crippen LogP contribution is -2.22. The van der Waals surface area contributed by atoms with Gasteiger partial charge in [0.2, 0.25) is 0 Å². The van der Waals surface area contributed by atoms with Crippen molar-refractivity contribution < 1.29 is 4.74 Å². The summed E-state index contributed by atoms with van der Waals surface area (Å²) in [6, 6.07) is 8.36. The largest absolute Gasteiger partial charge is 0.488 e. The molecule has 1 aliphatic heterocycles. The van der Waals surface area contributed by atoms with E-state index in [1.165, 1.54) is 36.2 Å². The average molecular weight is 254 g/mol. The summed E-state index contributed by atoms with van der Waals surface area (Å²) in [5.41, 5.74) is 4.08. The van der Waals surface area contributed by atoms with Crippen molar-refractivity contribution >= 4 is 0 Å². The van der Waals surface area contributed by atoms with Crippen LogP contribution in [0.5, 0.6) is 5.75 Å². The summed E-state index contributed by atoms with van der Waals surface area (Å²) >= 11 is 0. The number of hydrogen-bond acceptors (Lipinski definition) is 2. The van der Waals surface area contributed by atoms with Gasteiger partial charge in [0.25, 0.3) is 0 Å². The van der Waals surface area contributed by atoms with Gasteiger partial charge in [-0.05, 0) is 37.3 Å². The highest BCUT2D eigenvalue weighted by atomic mass is 16.5. The molecule has 98 valence electrons. The molecular formula is C16H18N2O. The van der Waals surface area contributed by atoms with Crippen LogP contribution in [0, 0.1) is 0 Å². The Bertz CT molecular complexity index is 578. The molecule has 1 unspecified atom stereocenters. The fourth-order valence-electron chi connectivity index (χ4n) is 3.26. The number of aromatic nitrogens is 2. The van der Waals surface area contributed by atoms with Gasteiger partial charge in [0, 0.05) is 12.1 Å². The monoisotopic (exact) mass is 254 g/mol. The van der Waals surface area contributed by atoms with Crippen LogP contribution >= 0.6 is 0 Å². The summed E-state index contributed by atoms with van der Waals surface area (Å²) in [5.74, 6) is 1.06. The van der Waals surface area contributed by atoms with E-state index in [1.54, 1.807) is 0 Å². The van der Waals surface area contributed by atoms with E-state index in [1.807, 2.05) is 12.4 Å². The highest BCUT2D eigenvalue weighted by molar-refractivity contribution is 5.37. The minimum absolute atomic E-state index is 0.262. The lowest BCUT2D eigenvalue weighted by Gasteiger charge is -2.17. The number of para-hydroxylation sites is 1. The average Bonchev–Trinajstić information content (AvgIpc) is 3.03. The molecule has 0 saturated carbocycles. The molecule has 0 amide bonds. The van der Waals surface area contributed by atoms with E-state index >= 15 is 0 Å². The summed E-state index contributed by atoms with van der Waals surface area (Å²) in [6.45, 7) is 0.928. The summed E-state index contributed by atoms with van der Waals surface area (Å²) in [4.78, 5) is 4.56. The third kappa shape index (κ3) is 1.93. The van der Waals surface area contributed by atoms with E-state index in [4.69, 9.17) is 4.74 Å². The van der Waals surface area contributed by atoms with E-state index in [-0.39, 0.29) is 6.10 Å². The summed E-state index contributed by atoms with van der Waals surface area (Å²) in [7, 11) is 0. The van der Waals surface area contributed by atoms with Crippen molar-refractivity contribution in [3.63, 3.8) is 0 Å². The number of nitrogens with zero attached hydrogens (tertiary/aromatic N) is 2. The SMILES string of the molecule is c1ccc2c(c1)CC(Cn1cnc3c1CCCC3)O2. The predicted molar refractivity (Wildman–Crippen MR) is 73.4 cm³/mol. The highest BCUT2D eigenvalue weighted by Gasteiger charge is 2.24. The van der Waals surface area contributed by atoms with E-state index in [0.717, 1.165) is 25.1 Å². The second-order valence-electron chi connectivity index (χ2n) is 5.55. The standard InChI is InChI=1S/C16H18N2O/c1-4-8-16-12(5-1)9-13(19-16)10-18-11-17-14-6-2-3-7-15(14)18/h1,4-5,8,11,13H,2-3,6-7,9-10H2. The third-order valence-electron chi connectivity index (χ3n) is 4.22. The van der Waals surface area contributed by atoms with Crippen LogP contribution in [0.25, 0.3) is 0 Å². The second-order valence-corrected chi connectivity index (χ2v) is 5.55. The molecule has 0 spiro atoms. The molecular weight excluding hydrogens is 236 g/mol. The van der Waals surface area contributed by atoms with Crippen LogP contribution in [0.2, 0.25) is 0 Å². The first kappa shape index (κ1) is 11.1. The number of fused-ring (bicyclic) bond motifs is 2. The van der Waals surface area contributed by atoms with Crippen LogP contribution in [-0.2, 0) is 25.8 Å². The van der Waals surface area contributed by atoms with Gasteiger partial charge in [0.1, 0.15) is 11.9 Å². The van der Waals surface area contributed by atoms with Crippen molar-refractivity contribution in [3.8, 4) is 5.75 Å². The Labute approximate surface area is 113 Å². The predicted octanol–water partition coefficient (Wildman–Crippen LogP) is 2.77. The molecule has 2 heterocycles. The van der Waals surface area contributed by atoms with Gasteiger partial charge >= 0.3 is 0 Å². The number of hydrogen-bond donors (Lipinski definition) is 0. The first-order chi connectivity index (χ1) is 9.40. The topological polar surface area (TPSA) is 27.1 Å². The molecule has 19 heavy (non-hydrogen) atoms. The summed E-state index contributed by atoms with van der Waals surface area (Å²) < 4.78 is 8.33. The van der Waals surface area contributed by atoms with Crippen LogP contribution in [0.15, 0.2) is 30.6 Å². The molecule has 0 radical (unpaired) electrons. The molecule has 2 aromatic rings. The van der Waals surface area contributed by atoms with E-state index in [0.29, 0.717) is 0 Å². The maximum atomic E-state index is 6.02. The molecule has 1 aromatic heterocycles. The number of aryl methyl sites for hydroxylation is 1. The maximum Gasteiger partial charge on any atom is 0.123 e. The summed E-state index contributed by atoms with van der Waals surface area (Å²) in [5, 5.41) is 0. The van der Waals surface area contributed by atoms with Gasteiger partial charge in [-0.2, -0.15) is 0 Å². The van der Waals surface area contributed by atoms with Gasteiger partial charge in [0.15, 0.2) is 0 Å². The van der Waals surface area contributed by atoms with Gasteiger partial charge in [-0.3, -0.25) is 0 Å². The van der Waals surface area contributed by atoms with Crippen molar-refractivity contribution in [1.82, 2.24) is 9.55 Å². The molecule has 0 bridgehead atoms. The zero-order valence-electron chi connectivity index (χ0n) is 11.0. The Morgan fingerprint density at radius 1 is 1.21 bits per heavy atom. The van der Waals surface area contributed by atoms with Gasteiger partial charge in [0.05, 0.1) is 18.6 Å². The quantitative estimate of drug-likeness (QED) is 0.824. The smallest absolute Gasteiger partial charge is 0.123 e. The first-order valence-electron chi connectivity index (χ1n) is 7.17. The van der Waals surface area contributed by atoms with Crippen LogP contribution in [0.1, 0.15) is 29.8 Å². The molecule has 1 aliphatic carbocycles. The lowest BCUT2D eigenvalue weighted by molar-refractivity contribution is 0.207. The molecule has 0 saturated heterocycles. The zero-order valence-corrected chi connectivity index (χ0v) is 11.0. The first-order valence-corrected chi connectivity index (χ1v) is 7.17. The van der Waals surface area contributed by atoms with Crippen LogP contribution in [-0.4, -0.2) is 15.7 Å². The minimum atomic E-state index is 0.262. The Morgan fingerprint density at radius 3 is 3.05 bits per heavy atom. The van der Waals surface area contributed by atoms with E-state index < -0.39 is 0 Å². The molecule has 4 rings (SSSR count). The third-order valence-corrected chi connectivity index (χ3v) is 4.22. The minimum Gasteiger partial charge on any atom is -0.488 e. The fourth-order valence-corrected chi connectivity index (χ4v) is 3.26. The molecule has 2 aliphatic rings. The van der Waals surface area contributed by atoms with E-state index in [9.17, 15) is 0 Å². The summed E-state index contributed by atoms with van der Waals surface area (Å²) in [6.07, 6.45) is 8.19. The molecule has 0 fully saturated rings. The molecule has 1 aromatic carbocycles. The number of rotatable bonds is 2. The molecule has 3 heteroatoms. The van der Waals surface area contributed by atoms with Gasteiger partial charge in [-0.15, -0.1) is 0 Å². The Hall–Kier alpha value is -1.77. The van der Waals surface area contributed by atoms with Crippen LogP contribution in [0.3, 0.4) is 0 Å². The van der Waals surface area contributed by atoms with E-state index in [2.05, 4.69) is 27.8 Å². The lowest BCUT2D eigenvalue weighted by atomic mass is 10.0. The molecule has 1 atom stereocenters. The second kappa shape index (κ2) is 4.41. The number of ether oxygens (including phenoxy) is 1. The van der Waals surface area contributed by atoms with Crippen molar-refractivity contribution in [1.29, 1.82) is 0 Å². The van der Waals surface area contributed by atoms with Crippen molar-refractivity contribution in [3.05, 3.63) is 47.5 Å². The highest BCUT2D eigenvalue weighted by Crippen LogP contribution is 2.29. The number of imidazole rings is 1. The Kier molecular flexibility index (Phi) is 2.57. The van der Waals surface area contributed by atoms with Gasteiger partial charge in [-0.1, -0.05) is 18.2 Å². The van der Waals surface area contributed by atoms with Gasteiger partial charge < -0.3 is 9.30 Å². The number of benzene rings is 1. The Morgan fingerprint density at radius 2 is 2.11 bits per heavy atom. The van der Waals surface area contributed by atoms with Crippen LogP contribution in [0.4, 0.5) is 0 Å². The Balaban J connectivity index is 1.53. The van der Waals surface area contributed by atoms with Crippen molar-refractivity contribution in [2.45, 2.75) is 44.8 Å². The molecule has 3 nitrogen and oxygen atoms in total. The maximum absolute atomic E-state index is 6.02. The van der Waals surface area contributed by atoms with Crippen LogP contribution < -0.4 is 4.74 Å². The zero-order chi connectivity index (χ0) is 12.7. The normalized spacial score (nSPS) is 20.7. The van der Waals surface area contributed by atoms with Crippen molar-refractivity contribution in [2.24, 2.45) is 0 Å². The molecule has 0 N–H and O–H groups in total.